The lowest BCUT2D eigenvalue weighted by Crippen LogP contribution is -2.48. The highest BCUT2D eigenvalue weighted by Gasteiger charge is 2.33. The Hall–Kier alpha value is -0.0800. The SMILES string of the molecule is CCC(C)NC1(CCOC)CCCC1. The molecule has 0 bridgehead atoms. The Kier molecular flexibility index (Phi) is 4.90. The van der Waals surface area contributed by atoms with Crippen LogP contribution in [0.2, 0.25) is 0 Å². The molecule has 0 aromatic carbocycles. The molecule has 84 valence electrons. The zero-order valence-corrected chi connectivity index (χ0v) is 9.94. The van der Waals surface area contributed by atoms with E-state index >= 15 is 0 Å². The van der Waals surface area contributed by atoms with Crippen LogP contribution >= 0.6 is 0 Å². The zero-order valence-electron chi connectivity index (χ0n) is 9.94. The molecule has 2 nitrogen and oxygen atoms in total. The molecule has 0 aromatic heterocycles. The summed E-state index contributed by atoms with van der Waals surface area (Å²) in [4.78, 5) is 0. The van der Waals surface area contributed by atoms with E-state index in [0.717, 1.165) is 6.61 Å². The molecule has 1 aliphatic carbocycles. The van der Waals surface area contributed by atoms with Gasteiger partial charge in [0.2, 0.25) is 0 Å². The monoisotopic (exact) mass is 199 g/mol. The summed E-state index contributed by atoms with van der Waals surface area (Å²) in [5, 5.41) is 3.80. The zero-order chi connectivity index (χ0) is 10.4. The fourth-order valence-corrected chi connectivity index (χ4v) is 2.44. The minimum Gasteiger partial charge on any atom is -0.385 e. The average molecular weight is 199 g/mol. The maximum Gasteiger partial charge on any atom is 0.0479 e. The Morgan fingerprint density at radius 3 is 2.50 bits per heavy atom. The third kappa shape index (κ3) is 3.25. The van der Waals surface area contributed by atoms with Crippen LogP contribution in [0.3, 0.4) is 0 Å². The van der Waals surface area contributed by atoms with E-state index in [1.807, 2.05) is 0 Å². The molecule has 0 aliphatic heterocycles. The molecule has 1 saturated carbocycles. The summed E-state index contributed by atoms with van der Waals surface area (Å²) in [6, 6.07) is 0.643. The van der Waals surface area contributed by atoms with E-state index in [1.54, 1.807) is 7.11 Å². The summed E-state index contributed by atoms with van der Waals surface area (Å²) >= 11 is 0. The first-order chi connectivity index (χ1) is 6.72. The second-order valence-electron chi connectivity index (χ2n) is 4.68. The van der Waals surface area contributed by atoms with Gasteiger partial charge in [-0.3, -0.25) is 0 Å². The fourth-order valence-electron chi connectivity index (χ4n) is 2.44. The van der Waals surface area contributed by atoms with Gasteiger partial charge in [0.15, 0.2) is 0 Å². The van der Waals surface area contributed by atoms with Crippen molar-refractivity contribution in [3.8, 4) is 0 Å². The first kappa shape index (κ1) is 12.0. The maximum absolute atomic E-state index is 5.20. The minimum atomic E-state index is 0.394. The summed E-state index contributed by atoms with van der Waals surface area (Å²) in [5.74, 6) is 0. The van der Waals surface area contributed by atoms with Crippen LogP contribution in [0.15, 0.2) is 0 Å². The topological polar surface area (TPSA) is 21.3 Å². The van der Waals surface area contributed by atoms with E-state index in [2.05, 4.69) is 19.2 Å². The lowest BCUT2D eigenvalue weighted by molar-refractivity contribution is 0.148. The second kappa shape index (κ2) is 5.72. The summed E-state index contributed by atoms with van der Waals surface area (Å²) in [6.07, 6.45) is 7.82. The number of rotatable bonds is 6. The van der Waals surface area contributed by atoms with E-state index in [-0.39, 0.29) is 0 Å². The van der Waals surface area contributed by atoms with Crippen LogP contribution in [0.4, 0.5) is 0 Å². The highest BCUT2D eigenvalue weighted by atomic mass is 16.5. The molecule has 0 spiro atoms. The molecule has 14 heavy (non-hydrogen) atoms. The number of nitrogens with one attached hydrogen (secondary N) is 1. The van der Waals surface area contributed by atoms with Crippen molar-refractivity contribution in [3.05, 3.63) is 0 Å². The molecule has 1 atom stereocenters. The van der Waals surface area contributed by atoms with Crippen LogP contribution in [-0.4, -0.2) is 25.3 Å². The Labute approximate surface area is 88.4 Å². The summed E-state index contributed by atoms with van der Waals surface area (Å²) in [5.41, 5.74) is 0.394. The lowest BCUT2D eigenvalue weighted by Gasteiger charge is -2.33. The highest BCUT2D eigenvalue weighted by Crippen LogP contribution is 2.33. The van der Waals surface area contributed by atoms with Gasteiger partial charge in [0.05, 0.1) is 0 Å². The van der Waals surface area contributed by atoms with Crippen molar-refractivity contribution in [2.45, 2.75) is 64.0 Å². The van der Waals surface area contributed by atoms with Crippen molar-refractivity contribution in [1.29, 1.82) is 0 Å². The van der Waals surface area contributed by atoms with Gasteiger partial charge in [-0.15, -0.1) is 0 Å². The third-order valence-electron chi connectivity index (χ3n) is 3.51. The standard InChI is InChI=1S/C12H25NO/c1-4-11(2)13-12(9-10-14-3)7-5-6-8-12/h11,13H,4-10H2,1-3H3. The van der Waals surface area contributed by atoms with Gasteiger partial charge in [0, 0.05) is 25.3 Å². The summed E-state index contributed by atoms with van der Waals surface area (Å²) in [7, 11) is 1.80. The quantitative estimate of drug-likeness (QED) is 0.710. The molecule has 0 heterocycles. The third-order valence-corrected chi connectivity index (χ3v) is 3.51. The molecule has 1 fully saturated rings. The van der Waals surface area contributed by atoms with Crippen LogP contribution in [0.1, 0.15) is 52.4 Å². The average Bonchev–Trinajstić information content (AvgIpc) is 2.64. The van der Waals surface area contributed by atoms with E-state index in [9.17, 15) is 0 Å². The Bertz CT molecular complexity index is 152. The van der Waals surface area contributed by atoms with Crippen LogP contribution < -0.4 is 5.32 Å². The smallest absolute Gasteiger partial charge is 0.0479 e. The van der Waals surface area contributed by atoms with Crippen LogP contribution in [0.25, 0.3) is 0 Å². The van der Waals surface area contributed by atoms with Crippen LogP contribution in [0.5, 0.6) is 0 Å². The lowest BCUT2D eigenvalue weighted by atomic mass is 9.92. The number of hydrogen-bond donors (Lipinski definition) is 1. The van der Waals surface area contributed by atoms with Crippen molar-refractivity contribution in [1.82, 2.24) is 5.32 Å². The van der Waals surface area contributed by atoms with Crippen molar-refractivity contribution in [2.75, 3.05) is 13.7 Å². The Morgan fingerprint density at radius 1 is 1.36 bits per heavy atom. The van der Waals surface area contributed by atoms with E-state index in [1.165, 1.54) is 38.5 Å². The molecule has 0 radical (unpaired) electrons. The number of hydrogen-bond acceptors (Lipinski definition) is 2. The molecule has 0 saturated heterocycles. The first-order valence-corrected chi connectivity index (χ1v) is 5.99. The molecular formula is C12H25NO. The van der Waals surface area contributed by atoms with Gasteiger partial charge >= 0.3 is 0 Å². The molecule has 1 unspecified atom stereocenters. The Morgan fingerprint density at radius 2 is 2.00 bits per heavy atom. The van der Waals surface area contributed by atoms with Crippen molar-refractivity contribution in [2.24, 2.45) is 0 Å². The Balaban J connectivity index is 2.43. The molecule has 0 aromatic rings. The van der Waals surface area contributed by atoms with Gasteiger partial charge in [-0.1, -0.05) is 19.8 Å². The number of ether oxygens (including phenoxy) is 1. The molecule has 0 amide bonds. The highest BCUT2D eigenvalue weighted by molar-refractivity contribution is 4.93. The van der Waals surface area contributed by atoms with Gasteiger partial charge in [0.25, 0.3) is 0 Å². The van der Waals surface area contributed by atoms with E-state index in [0.29, 0.717) is 11.6 Å². The minimum absolute atomic E-state index is 0.394. The predicted octanol–water partition coefficient (Wildman–Crippen LogP) is 2.72. The van der Waals surface area contributed by atoms with Crippen molar-refractivity contribution < 1.29 is 4.74 Å². The summed E-state index contributed by atoms with van der Waals surface area (Å²) in [6.45, 7) is 5.42. The largest absolute Gasteiger partial charge is 0.385 e. The second-order valence-corrected chi connectivity index (χ2v) is 4.68. The van der Waals surface area contributed by atoms with Gasteiger partial charge in [-0.2, -0.15) is 0 Å². The first-order valence-electron chi connectivity index (χ1n) is 5.99. The fraction of sp³-hybridized carbons (Fsp3) is 1.00. The van der Waals surface area contributed by atoms with E-state index < -0.39 is 0 Å². The van der Waals surface area contributed by atoms with Crippen LogP contribution in [0, 0.1) is 0 Å². The van der Waals surface area contributed by atoms with Crippen molar-refractivity contribution in [3.63, 3.8) is 0 Å². The van der Waals surface area contributed by atoms with Gasteiger partial charge in [-0.25, -0.2) is 0 Å². The van der Waals surface area contributed by atoms with Crippen molar-refractivity contribution >= 4 is 0 Å². The van der Waals surface area contributed by atoms with Gasteiger partial charge in [0.1, 0.15) is 0 Å². The summed E-state index contributed by atoms with van der Waals surface area (Å²) < 4.78 is 5.20. The molecule has 1 aliphatic rings. The molecule has 1 N–H and O–H groups in total. The number of methoxy groups -OCH3 is 1. The van der Waals surface area contributed by atoms with Crippen LogP contribution in [-0.2, 0) is 4.74 Å². The molecular weight excluding hydrogens is 174 g/mol. The van der Waals surface area contributed by atoms with E-state index in [4.69, 9.17) is 4.74 Å². The van der Waals surface area contributed by atoms with Gasteiger partial charge < -0.3 is 10.1 Å². The normalized spacial score (nSPS) is 22.5. The maximum atomic E-state index is 5.20. The molecule has 1 rings (SSSR count). The van der Waals surface area contributed by atoms with Gasteiger partial charge in [-0.05, 0) is 32.6 Å². The molecule has 2 heteroatoms. The predicted molar refractivity (Wildman–Crippen MR) is 60.6 cm³/mol.